The van der Waals surface area contributed by atoms with E-state index in [-0.39, 0.29) is 37.1 Å². The van der Waals surface area contributed by atoms with Crippen molar-refractivity contribution in [3.8, 4) is 0 Å². The molecule has 0 aromatic heterocycles. The van der Waals surface area contributed by atoms with Crippen molar-refractivity contribution in [3.05, 3.63) is 96.9 Å². The number of rotatable bonds is 10. The number of nitrogens with one attached hydrogen (secondary N) is 3. The second kappa shape index (κ2) is 13.6. The highest BCUT2D eigenvalue weighted by Crippen LogP contribution is 2.36. The summed E-state index contributed by atoms with van der Waals surface area (Å²) in [6.07, 6.45) is 5.94. The lowest BCUT2D eigenvalue weighted by Crippen LogP contribution is -2.44. The maximum atomic E-state index is 13.8. The molecule has 0 saturated carbocycles. The first-order valence-electron chi connectivity index (χ1n) is 12.2. The van der Waals surface area contributed by atoms with Gasteiger partial charge in [0.15, 0.2) is 6.61 Å². The molecule has 0 aliphatic carbocycles. The van der Waals surface area contributed by atoms with E-state index in [0.29, 0.717) is 11.3 Å². The molecule has 17 heteroatoms. The van der Waals surface area contributed by atoms with Gasteiger partial charge in [-0.1, -0.05) is 29.3 Å². The highest BCUT2D eigenvalue weighted by atomic mass is 79.9. The van der Waals surface area contributed by atoms with Gasteiger partial charge < -0.3 is 19.7 Å². The number of benzene rings is 2. The van der Waals surface area contributed by atoms with Crippen LogP contribution < -0.4 is 14.8 Å². The molecule has 0 radical (unpaired) electrons. The van der Waals surface area contributed by atoms with E-state index in [9.17, 15) is 27.2 Å². The number of sulfonamides is 1. The smallest absolute Gasteiger partial charge is 0.329 e. The van der Waals surface area contributed by atoms with Crippen molar-refractivity contribution < 1.29 is 31.9 Å². The molecule has 0 bridgehead atoms. The summed E-state index contributed by atoms with van der Waals surface area (Å²) < 4.78 is 52.8. The zero-order chi connectivity index (χ0) is 31.5. The maximum absolute atomic E-state index is 13.8. The molecule has 2 amide bonds. The number of fused-ring (bicyclic) bond motifs is 1. The van der Waals surface area contributed by atoms with Gasteiger partial charge >= 0.3 is 5.97 Å². The molecule has 2 aromatic rings. The number of likely N-dealkylation sites (N-methyl/N-ethyl adjacent to an activating group) is 1. The van der Waals surface area contributed by atoms with Crippen molar-refractivity contribution >= 4 is 84.8 Å². The van der Waals surface area contributed by atoms with E-state index in [1.54, 1.807) is 16.6 Å². The molecule has 0 fully saturated rings. The second-order valence-corrected chi connectivity index (χ2v) is 13.4. The Labute approximate surface area is 269 Å². The average molecular weight is 735 g/mol. The van der Waals surface area contributed by atoms with Gasteiger partial charge in [0.1, 0.15) is 16.8 Å². The van der Waals surface area contributed by atoms with Crippen molar-refractivity contribution in [3.63, 3.8) is 0 Å². The highest BCUT2D eigenvalue weighted by Gasteiger charge is 2.32. The number of hydrogen-bond donors (Lipinski definition) is 3. The van der Waals surface area contributed by atoms with Crippen LogP contribution in [-0.2, 0) is 30.8 Å². The van der Waals surface area contributed by atoms with E-state index in [0.717, 1.165) is 18.2 Å². The largest absolute Gasteiger partial charge is 0.454 e. The summed E-state index contributed by atoms with van der Waals surface area (Å²) >= 11 is 16.6. The zero-order valence-corrected chi connectivity index (χ0v) is 27.1. The molecule has 0 unspecified atom stereocenters. The molecular formula is C26H23BrCl2FN5O6S2. The van der Waals surface area contributed by atoms with Crippen LogP contribution in [0.15, 0.2) is 70.0 Å². The van der Waals surface area contributed by atoms with Crippen molar-refractivity contribution in [2.45, 2.75) is 12.5 Å². The van der Waals surface area contributed by atoms with Gasteiger partial charge in [0.25, 0.3) is 21.8 Å². The minimum absolute atomic E-state index is 0.0401. The van der Waals surface area contributed by atoms with Crippen molar-refractivity contribution in [1.82, 2.24) is 19.2 Å². The summed E-state index contributed by atoms with van der Waals surface area (Å²) in [5, 5.41) is 2.42. The quantitative estimate of drug-likeness (QED) is 0.241. The van der Waals surface area contributed by atoms with Gasteiger partial charge in [0, 0.05) is 32.9 Å². The van der Waals surface area contributed by atoms with Crippen LogP contribution in [-0.4, -0.2) is 62.2 Å². The fourth-order valence-electron chi connectivity index (χ4n) is 3.78. The molecule has 3 N–H and O–H groups in total. The van der Waals surface area contributed by atoms with E-state index in [1.807, 2.05) is 0 Å². The van der Waals surface area contributed by atoms with Crippen LogP contribution in [0, 0.1) is 5.82 Å². The first-order chi connectivity index (χ1) is 20.3. The molecule has 4 rings (SSSR count). The minimum Gasteiger partial charge on any atom is -0.454 e. The van der Waals surface area contributed by atoms with Gasteiger partial charge in [-0.15, -0.1) is 0 Å². The van der Waals surface area contributed by atoms with E-state index in [4.69, 9.17) is 27.9 Å². The number of anilines is 1. The Kier molecular flexibility index (Phi) is 10.3. The van der Waals surface area contributed by atoms with Gasteiger partial charge in [-0.25, -0.2) is 17.6 Å². The maximum Gasteiger partial charge on any atom is 0.329 e. The van der Waals surface area contributed by atoms with Crippen LogP contribution in [0.1, 0.15) is 15.9 Å². The van der Waals surface area contributed by atoms with E-state index >= 15 is 0 Å². The minimum atomic E-state index is -4.26. The summed E-state index contributed by atoms with van der Waals surface area (Å²) in [6, 6.07) is 4.96. The molecule has 228 valence electrons. The fourth-order valence-corrected chi connectivity index (χ4v) is 6.50. The average Bonchev–Trinajstić information content (AvgIpc) is 3.43. The van der Waals surface area contributed by atoms with E-state index in [1.165, 1.54) is 55.5 Å². The summed E-state index contributed by atoms with van der Waals surface area (Å²) in [5.41, 5.74) is 0.332. The Hall–Kier alpha value is -3.24. The predicted octanol–water partition coefficient (Wildman–Crippen LogP) is 4.33. The highest BCUT2D eigenvalue weighted by molar-refractivity contribution is 9.10. The lowest BCUT2D eigenvalue weighted by molar-refractivity contribution is -0.152. The molecule has 11 nitrogen and oxygen atoms in total. The van der Waals surface area contributed by atoms with Crippen molar-refractivity contribution in [2.75, 3.05) is 25.4 Å². The summed E-state index contributed by atoms with van der Waals surface area (Å²) in [6.45, 7) is -0.591. The van der Waals surface area contributed by atoms with Gasteiger partial charge in [-0.05, 0) is 57.9 Å². The molecule has 2 aliphatic rings. The fraction of sp³-hybridized carbons (Fsp3) is 0.192. The molecule has 2 aromatic carbocycles. The number of allylic oxidation sites excluding steroid dienone is 2. The summed E-state index contributed by atoms with van der Waals surface area (Å²) in [5.74, 6) is -2.90. The van der Waals surface area contributed by atoms with Crippen LogP contribution >= 0.6 is 51.3 Å². The third kappa shape index (κ3) is 7.84. The molecule has 0 saturated heterocycles. The molecular weight excluding hydrogens is 712 g/mol. The summed E-state index contributed by atoms with van der Waals surface area (Å²) in [7, 11) is -1.30. The lowest BCUT2D eigenvalue weighted by Gasteiger charge is -2.22. The molecule has 0 spiro atoms. The van der Waals surface area contributed by atoms with Gasteiger partial charge in [0.05, 0.1) is 43.6 Å². The van der Waals surface area contributed by atoms with Crippen LogP contribution in [0.2, 0.25) is 10.0 Å². The van der Waals surface area contributed by atoms with Gasteiger partial charge in [0.2, 0.25) is 0 Å². The molecule has 2 aliphatic heterocycles. The molecule has 43 heavy (non-hydrogen) atoms. The monoisotopic (exact) mass is 733 g/mol. The normalized spacial score (nSPS) is 14.6. The predicted molar refractivity (Wildman–Crippen MR) is 166 cm³/mol. The molecule has 1 atom stereocenters. The molecule has 2 heterocycles. The Bertz CT molecular complexity index is 1690. The van der Waals surface area contributed by atoms with Crippen molar-refractivity contribution in [1.29, 1.82) is 0 Å². The SMILES string of the molecule is CN(C)C(=O)COC(=O)[C@H](Cc1ccc(F)c(Br)c1)NC(=O)c1cc(Cl)c(Cl)cc1NS(=O)(=O)C1=CC=CN2SNC=C12. The number of esters is 1. The number of halogens is 4. The van der Waals surface area contributed by atoms with Crippen LogP contribution in [0.4, 0.5) is 10.1 Å². The number of carbonyl (C=O) groups is 3. The zero-order valence-electron chi connectivity index (χ0n) is 22.4. The van der Waals surface area contributed by atoms with Crippen LogP contribution in [0.25, 0.3) is 0 Å². The third-order valence-corrected chi connectivity index (χ3v) is 9.48. The first-order valence-corrected chi connectivity index (χ1v) is 16.0. The number of carbonyl (C=O) groups excluding carboxylic acids is 3. The van der Waals surface area contributed by atoms with Crippen molar-refractivity contribution in [2.24, 2.45) is 0 Å². The standard InChI is InChI=1S/C26H23BrCl2FN5O6S2/c1-34(2)24(36)13-41-26(38)21(9-14-5-6-19(30)16(27)8-14)32-25(37)15-10-17(28)18(29)11-20(15)33-43(39,40)23-4-3-7-35-22(23)12-31-42-35/h3-8,10-12,21,31,33H,9,13H2,1-2H3,(H,32,37)/t21-/m0/s1. The Morgan fingerprint density at radius 2 is 1.91 bits per heavy atom. The summed E-state index contributed by atoms with van der Waals surface area (Å²) in [4.78, 5) is 39.8. The number of nitrogens with zero attached hydrogens (tertiary/aromatic N) is 2. The first kappa shape index (κ1) is 32.7. The number of hydrogen-bond acceptors (Lipinski definition) is 9. The van der Waals surface area contributed by atoms with Crippen LogP contribution in [0.5, 0.6) is 0 Å². The van der Waals surface area contributed by atoms with Gasteiger partial charge in [-0.3, -0.25) is 18.6 Å². The number of amides is 2. The van der Waals surface area contributed by atoms with E-state index in [2.05, 4.69) is 30.7 Å². The Morgan fingerprint density at radius 1 is 1.19 bits per heavy atom. The van der Waals surface area contributed by atoms with Gasteiger partial charge in [-0.2, -0.15) is 0 Å². The van der Waals surface area contributed by atoms with Crippen LogP contribution in [0.3, 0.4) is 0 Å². The lowest BCUT2D eigenvalue weighted by atomic mass is 10.0. The second-order valence-electron chi connectivity index (χ2n) is 9.23. The van der Waals surface area contributed by atoms with E-state index < -0.39 is 46.3 Å². The number of ether oxygens (including phenoxy) is 1. The third-order valence-electron chi connectivity index (χ3n) is 5.99. The Balaban J connectivity index is 1.64. The Morgan fingerprint density at radius 3 is 2.60 bits per heavy atom. The topological polar surface area (TPSA) is 137 Å².